The van der Waals surface area contributed by atoms with Crippen LogP contribution in [0.4, 0.5) is 0 Å². The first-order chi connectivity index (χ1) is 9.08. The number of carbonyl (C=O) groups excluding carboxylic acids is 1. The van der Waals surface area contributed by atoms with E-state index in [1.165, 1.54) is 0 Å². The van der Waals surface area contributed by atoms with Gasteiger partial charge in [-0.1, -0.05) is 12.1 Å². The lowest BCUT2D eigenvalue weighted by molar-refractivity contribution is -0.122. The molecule has 0 fully saturated rings. The maximum atomic E-state index is 11.6. The second kappa shape index (κ2) is 7.07. The first kappa shape index (κ1) is 16.2. The molecule has 2 unspecified atom stereocenters. The van der Waals surface area contributed by atoms with Gasteiger partial charge in [-0.15, -0.1) is 12.4 Å². The van der Waals surface area contributed by atoms with Crippen LogP contribution < -0.4 is 11.1 Å². The average molecular weight is 295 g/mol. The molecule has 0 aliphatic heterocycles. The quantitative estimate of drug-likeness (QED) is 0.903. The standard InChI is InChI=1S/C14H18N4O.ClH/c1-10(15)14(19)17-11(2)12-4-3-5-13(8-12)18-7-6-16-9-18;/h3-11H,15H2,1-2H3,(H,17,19);1H. The minimum Gasteiger partial charge on any atom is -0.348 e. The van der Waals surface area contributed by atoms with Crippen LogP contribution in [0.25, 0.3) is 5.69 Å². The van der Waals surface area contributed by atoms with E-state index in [2.05, 4.69) is 10.3 Å². The second-order valence-corrected chi connectivity index (χ2v) is 4.58. The minimum absolute atomic E-state index is 0. The Hall–Kier alpha value is -1.85. The number of carbonyl (C=O) groups is 1. The number of benzene rings is 1. The third kappa shape index (κ3) is 3.82. The van der Waals surface area contributed by atoms with Crippen molar-refractivity contribution in [2.24, 2.45) is 5.73 Å². The molecular formula is C14H19ClN4O. The molecule has 0 bridgehead atoms. The number of halogens is 1. The smallest absolute Gasteiger partial charge is 0.237 e. The van der Waals surface area contributed by atoms with Crippen molar-refractivity contribution in [3.63, 3.8) is 0 Å². The highest BCUT2D eigenvalue weighted by Gasteiger charge is 2.13. The van der Waals surface area contributed by atoms with Crippen LogP contribution in [0.1, 0.15) is 25.5 Å². The number of amides is 1. The third-order valence-electron chi connectivity index (χ3n) is 2.95. The summed E-state index contributed by atoms with van der Waals surface area (Å²) in [4.78, 5) is 15.6. The third-order valence-corrected chi connectivity index (χ3v) is 2.95. The number of hydrogen-bond donors (Lipinski definition) is 2. The van der Waals surface area contributed by atoms with Crippen molar-refractivity contribution >= 4 is 18.3 Å². The summed E-state index contributed by atoms with van der Waals surface area (Å²) in [6, 6.07) is 7.37. The fourth-order valence-corrected chi connectivity index (χ4v) is 1.79. The highest BCUT2D eigenvalue weighted by Crippen LogP contribution is 2.16. The summed E-state index contributed by atoms with van der Waals surface area (Å²) in [5.74, 6) is -0.152. The lowest BCUT2D eigenvalue weighted by atomic mass is 10.1. The minimum atomic E-state index is -0.501. The van der Waals surface area contributed by atoms with Crippen LogP contribution in [-0.4, -0.2) is 21.5 Å². The molecule has 0 radical (unpaired) electrons. The number of imidazole rings is 1. The van der Waals surface area contributed by atoms with E-state index in [1.807, 2.05) is 42.0 Å². The summed E-state index contributed by atoms with van der Waals surface area (Å²) in [6.07, 6.45) is 5.35. The van der Waals surface area contributed by atoms with Gasteiger partial charge in [-0.25, -0.2) is 4.98 Å². The van der Waals surface area contributed by atoms with Gasteiger partial charge in [0.25, 0.3) is 0 Å². The molecule has 0 saturated carbocycles. The molecule has 1 aromatic heterocycles. The summed E-state index contributed by atoms with van der Waals surface area (Å²) in [7, 11) is 0. The maximum Gasteiger partial charge on any atom is 0.237 e. The number of nitrogens with zero attached hydrogens (tertiary/aromatic N) is 2. The SMILES string of the molecule is CC(N)C(=O)NC(C)c1cccc(-n2ccnc2)c1.Cl. The summed E-state index contributed by atoms with van der Waals surface area (Å²) in [5.41, 5.74) is 7.58. The lowest BCUT2D eigenvalue weighted by Gasteiger charge is -2.17. The van der Waals surface area contributed by atoms with E-state index >= 15 is 0 Å². The average Bonchev–Trinajstić information content (AvgIpc) is 2.92. The zero-order chi connectivity index (χ0) is 13.8. The Labute approximate surface area is 124 Å². The van der Waals surface area contributed by atoms with Gasteiger partial charge in [0.15, 0.2) is 0 Å². The molecule has 1 aromatic carbocycles. The van der Waals surface area contributed by atoms with Gasteiger partial charge in [-0.2, -0.15) is 0 Å². The van der Waals surface area contributed by atoms with Crippen LogP contribution in [0.5, 0.6) is 0 Å². The largest absolute Gasteiger partial charge is 0.348 e. The Morgan fingerprint density at radius 2 is 2.15 bits per heavy atom. The monoisotopic (exact) mass is 294 g/mol. The lowest BCUT2D eigenvalue weighted by Crippen LogP contribution is -2.39. The summed E-state index contributed by atoms with van der Waals surface area (Å²) >= 11 is 0. The summed E-state index contributed by atoms with van der Waals surface area (Å²) < 4.78 is 1.92. The van der Waals surface area contributed by atoms with E-state index in [0.717, 1.165) is 11.3 Å². The molecule has 2 aromatic rings. The Bertz CT molecular complexity index is 554. The number of hydrogen-bond acceptors (Lipinski definition) is 3. The van der Waals surface area contributed by atoms with Gasteiger partial charge in [-0.05, 0) is 31.5 Å². The van der Waals surface area contributed by atoms with E-state index < -0.39 is 6.04 Å². The molecule has 0 spiro atoms. The molecule has 1 heterocycles. The van der Waals surface area contributed by atoms with E-state index in [-0.39, 0.29) is 24.4 Å². The van der Waals surface area contributed by atoms with E-state index in [1.54, 1.807) is 19.4 Å². The number of aromatic nitrogens is 2. The van der Waals surface area contributed by atoms with Crippen LogP contribution in [0.2, 0.25) is 0 Å². The predicted molar refractivity (Wildman–Crippen MR) is 81.0 cm³/mol. The van der Waals surface area contributed by atoms with Gasteiger partial charge in [0.2, 0.25) is 5.91 Å². The Kier molecular flexibility index (Phi) is 5.73. The highest BCUT2D eigenvalue weighted by molar-refractivity contribution is 5.85. The van der Waals surface area contributed by atoms with Crippen molar-refractivity contribution < 1.29 is 4.79 Å². The van der Waals surface area contributed by atoms with Gasteiger partial charge in [0, 0.05) is 18.1 Å². The molecule has 2 rings (SSSR count). The first-order valence-electron chi connectivity index (χ1n) is 6.22. The van der Waals surface area contributed by atoms with Gasteiger partial charge in [-0.3, -0.25) is 4.79 Å². The van der Waals surface area contributed by atoms with Gasteiger partial charge in [0.1, 0.15) is 0 Å². The van der Waals surface area contributed by atoms with Crippen molar-refractivity contribution in [1.29, 1.82) is 0 Å². The van der Waals surface area contributed by atoms with Crippen LogP contribution in [0.15, 0.2) is 43.0 Å². The van der Waals surface area contributed by atoms with Crippen molar-refractivity contribution in [2.75, 3.05) is 0 Å². The molecule has 0 aliphatic carbocycles. The maximum absolute atomic E-state index is 11.6. The van der Waals surface area contributed by atoms with Crippen LogP contribution in [0, 0.1) is 0 Å². The van der Waals surface area contributed by atoms with Gasteiger partial charge >= 0.3 is 0 Å². The van der Waals surface area contributed by atoms with E-state index in [0.29, 0.717) is 0 Å². The molecule has 0 saturated heterocycles. The highest BCUT2D eigenvalue weighted by atomic mass is 35.5. The zero-order valence-corrected chi connectivity index (χ0v) is 12.3. The first-order valence-corrected chi connectivity index (χ1v) is 6.22. The molecule has 5 nitrogen and oxygen atoms in total. The topological polar surface area (TPSA) is 72.9 Å². The van der Waals surface area contributed by atoms with Crippen molar-refractivity contribution in [2.45, 2.75) is 25.9 Å². The summed E-state index contributed by atoms with van der Waals surface area (Å²) in [6.45, 7) is 3.61. The molecule has 2 atom stereocenters. The van der Waals surface area contributed by atoms with Crippen molar-refractivity contribution in [3.8, 4) is 5.69 Å². The summed E-state index contributed by atoms with van der Waals surface area (Å²) in [5, 5.41) is 2.88. The Morgan fingerprint density at radius 1 is 1.40 bits per heavy atom. The fourth-order valence-electron chi connectivity index (χ4n) is 1.79. The number of rotatable bonds is 4. The molecule has 108 valence electrons. The molecular weight excluding hydrogens is 276 g/mol. The van der Waals surface area contributed by atoms with Crippen LogP contribution in [-0.2, 0) is 4.79 Å². The molecule has 0 aliphatic rings. The molecule has 20 heavy (non-hydrogen) atoms. The van der Waals surface area contributed by atoms with E-state index in [9.17, 15) is 4.79 Å². The van der Waals surface area contributed by atoms with Crippen LogP contribution in [0.3, 0.4) is 0 Å². The normalized spacial score (nSPS) is 13.2. The van der Waals surface area contributed by atoms with Gasteiger partial charge in [0.05, 0.1) is 18.4 Å². The van der Waals surface area contributed by atoms with Crippen molar-refractivity contribution in [1.82, 2.24) is 14.9 Å². The number of nitrogens with one attached hydrogen (secondary N) is 1. The Balaban J connectivity index is 0.00000200. The predicted octanol–water partition coefficient (Wildman–Crippen LogP) is 1.82. The fraction of sp³-hybridized carbons (Fsp3) is 0.286. The molecule has 1 amide bonds. The van der Waals surface area contributed by atoms with E-state index in [4.69, 9.17) is 5.73 Å². The van der Waals surface area contributed by atoms with Crippen LogP contribution >= 0.6 is 12.4 Å². The molecule has 3 N–H and O–H groups in total. The zero-order valence-electron chi connectivity index (χ0n) is 11.5. The van der Waals surface area contributed by atoms with Crippen molar-refractivity contribution in [3.05, 3.63) is 48.5 Å². The number of nitrogens with two attached hydrogens (primary N) is 1. The Morgan fingerprint density at radius 3 is 2.75 bits per heavy atom. The second-order valence-electron chi connectivity index (χ2n) is 4.58. The molecule has 6 heteroatoms. The van der Waals surface area contributed by atoms with Gasteiger partial charge < -0.3 is 15.6 Å².